The molecule has 0 bridgehead atoms. The highest BCUT2D eigenvalue weighted by Crippen LogP contribution is 2.43. The normalized spacial score (nSPS) is 31.0. The predicted molar refractivity (Wildman–Crippen MR) is 214 cm³/mol. The number of carbonyl (C=O) groups excluding carboxylic acids is 1. The quantitative estimate of drug-likeness (QED) is 0.149. The maximum atomic E-state index is 13.7. The summed E-state index contributed by atoms with van der Waals surface area (Å²) in [5, 5.41) is 0.0125. The van der Waals surface area contributed by atoms with Crippen molar-refractivity contribution in [1.29, 1.82) is 0 Å². The summed E-state index contributed by atoms with van der Waals surface area (Å²) in [5.74, 6) is 0.840. The number of rotatable bonds is 14. The lowest BCUT2D eigenvalue weighted by Gasteiger charge is -2.49. The first-order valence-corrected chi connectivity index (χ1v) is 23.2. The van der Waals surface area contributed by atoms with Crippen LogP contribution in [0.25, 0.3) is 0 Å². The number of hydrogen-bond donors (Lipinski definition) is 0. The first-order valence-electron chi connectivity index (χ1n) is 20.3. The fourth-order valence-corrected chi connectivity index (χ4v) is 9.21. The molecule has 4 aliphatic rings. The summed E-state index contributed by atoms with van der Waals surface area (Å²) in [6.45, 7) is 13.0. The van der Waals surface area contributed by atoms with E-state index in [0.717, 1.165) is 22.4 Å². The van der Waals surface area contributed by atoms with Gasteiger partial charge in [-0.15, -0.1) is 0 Å². The number of fused-ring (bicyclic) bond motifs is 2. The van der Waals surface area contributed by atoms with Gasteiger partial charge < -0.3 is 42.3 Å². The molecule has 4 fully saturated rings. The first-order chi connectivity index (χ1) is 27.0. The summed E-state index contributed by atoms with van der Waals surface area (Å²) in [7, 11) is -0.529. The smallest absolute Gasteiger partial charge is 0.192 e. The van der Waals surface area contributed by atoms with Crippen LogP contribution in [0.1, 0.15) is 75.9 Å². The van der Waals surface area contributed by atoms with Gasteiger partial charge in [-0.05, 0) is 54.2 Å². The van der Waals surface area contributed by atoms with Gasteiger partial charge in [0.2, 0.25) is 0 Å². The number of carbonyl (C=O) groups is 1. The molecule has 0 amide bonds. The van der Waals surface area contributed by atoms with E-state index in [0.29, 0.717) is 58.5 Å². The highest BCUT2D eigenvalue weighted by Gasteiger charge is 2.49. The molecule has 0 spiro atoms. The van der Waals surface area contributed by atoms with E-state index in [2.05, 4.69) is 46.0 Å². The lowest BCUT2D eigenvalue weighted by atomic mass is 9.88. The van der Waals surface area contributed by atoms with Crippen LogP contribution in [0.4, 0.5) is 0 Å². The van der Waals surface area contributed by atoms with Crippen LogP contribution >= 0.6 is 0 Å². The van der Waals surface area contributed by atoms with Crippen molar-refractivity contribution in [2.45, 2.75) is 145 Å². The van der Waals surface area contributed by atoms with Crippen LogP contribution in [0.3, 0.4) is 0 Å². The fraction of sp³-hybridized carbons (Fsp3) is 0.578. The van der Waals surface area contributed by atoms with Crippen molar-refractivity contribution in [2.75, 3.05) is 20.3 Å². The van der Waals surface area contributed by atoms with Crippen LogP contribution in [0.5, 0.6) is 5.75 Å². The number of benzene rings is 3. The van der Waals surface area contributed by atoms with Crippen molar-refractivity contribution in [2.24, 2.45) is 0 Å². The fourth-order valence-electron chi connectivity index (χ4n) is 7.85. The van der Waals surface area contributed by atoms with Gasteiger partial charge in [0.15, 0.2) is 20.4 Å². The molecule has 3 aromatic carbocycles. The second-order valence-electron chi connectivity index (χ2n) is 17.2. The minimum absolute atomic E-state index is 0.0125. The average Bonchev–Trinajstić information content (AvgIpc) is 3.19. The van der Waals surface area contributed by atoms with Crippen LogP contribution in [-0.4, -0.2) is 89.4 Å². The molecule has 0 radical (unpaired) electrons. The molecule has 56 heavy (non-hydrogen) atoms. The van der Waals surface area contributed by atoms with Crippen molar-refractivity contribution >= 4 is 14.1 Å². The maximum Gasteiger partial charge on any atom is 0.192 e. The van der Waals surface area contributed by atoms with Crippen molar-refractivity contribution in [3.63, 3.8) is 0 Å². The Morgan fingerprint density at radius 1 is 0.714 bits per heavy atom. The van der Waals surface area contributed by atoms with Gasteiger partial charge in [0.1, 0.15) is 24.1 Å². The van der Waals surface area contributed by atoms with Crippen molar-refractivity contribution < 1.29 is 47.1 Å². The van der Waals surface area contributed by atoms with E-state index in [4.69, 9.17) is 42.3 Å². The largest absolute Gasteiger partial charge is 0.497 e. The van der Waals surface area contributed by atoms with Gasteiger partial charge in [0, 0.05) is 24.8 Å². The van der Waals surface area contributed by atoms with E-state index < -0.39 is 20.7 Å². The Bertz CT molecular complexity index is 1680. The van der Waals surface area contributed by atoms with Gasteiger partial charge in [0.05, 0.1) is 70.2 Å². The van der Waals surface area contributed by atoms with E-state index in [1.165, 1.54) is 0 Å². The van der Waals surface area contributed by atoms with Crippen LogP contribution in [0, 0.1) is 0 Å². The Balaban J connectivity index is 0.997. The summed E-state index contributed by atoms with van der Waals surface area (Å²) in [6.07, 6.45) is -0.370. The monoisotopic (exact) mass is 788 g/mol. The Hall–Kier alpha value is -2.97. The molecule has 3 aromatic rings. The molecule has 11 heteroatoms. The number of Topliss-reactive ketones (excluding diaryl/α,β-unsaturated/α-hetero) is 1. The Morgan fingerprint density at radius 3 is 2.04 bits per heavy atom. The van der Waals surface area contributed by atoms with Gasteiger partial charge >= 0.3 is 0 Å². The van der Waals surface area contributed by atoms with E-state index in [1.807, 2.05) is 72.8 Å². The van der Waals surface area contributed by atoms with Crippen LogP contribution in [0.15, 0.2) is 84.9 Å². The molecule has 304 valence electrons. The molecule has 0 N–H and O–H groups in total. The SMILES string of the molecule is COc1ccc([C@@H]2OC[C@H]3O[C@@H](CCC4O[C@H]5C[C@@H](OCc6ccccc6)[C@H](COCc6ccccc6)O[C@@H]5CC4=O)[C@H](O[Si](C)(C)C(C)(C)C)C[C@@H]3O2)cc1. The zero-order valence-electron chi connectivity index (χ0n) is 33.8. The molecule has 0 aromatic heterocycles. The van der Waals surface area contributed by atoms with Crippen LogP contribution in [-0.2, 0) is 55.6 Å². The second-order valence-corrected chi connectivity index (χ2v) is 21.9. The van der Waals surface area contributed by atoms with Gasteiger partial charge in [-0.1, -0.05) is 93.6 Å². The van der Waals surface area contributed by atoms with E-state index in [1.54, 1.807) is 7.11 Å². The third-order valence-electron chi connectivity index (χ3n) is 12.2. The van der Waals surface area contributed by atoms with E-state index in [9.17, 15) is 4.79 Å². The molecule has 1 unspecified atom stereocenters. The standard InChI is InChI=1S/C45H60O10Si/c1-45(2,3)56(5,6)55-41-25-40-43(29-50-44(54-40)32-17-19-33(47-4)20-18-32)52-36(41)22-21-35-34(46)23-38-39(51-35)24-37(49-27-31-15-11-8-12-16-31)42(53-38)28-48-26-30-13-9-7-10-14-30/h7-20,35-44H,21-29H2,1-6H3/t35?,36-,37+,38+,39-,40-,41+,42-,43+,44+/m0/s1. The number of ether oxygens (including phenoxy) is 8. The highest BCUT2D eigenvalue weighted by atomic mass is 28.4. The molecule has 10 nitrogen and oxygen atoms in total. The van der Waals surface area contributed by atoms with Crippen molar-refractivity contribution in [3.8, 4) is 5.75 Å². The Morgan fingerprint density at radius 2 is 1.36 bits per heavy atom. The zero-order valence-corrected chi connectivity index (χ0v) is 34.8. The van der Waals surface area contributed by atoms with E-state index >= 15 is 0 Å². The summed E-state index contributed by atoms with van der Waals surface area (Å²) in [6, 6.07) is 28.0. The summed E-state index contributed by atoms with van der Waals surface area (Å²) in [5.41, 5.74) is 3.12. The van der Waals surface area contributed by atoms with Crippen LogP contribution < -0.4 is 4.74 Å². The molecular weight excluding hydrogens is 729 g/mol. The molecule has 4 saturated heterocycles. The van der Waals surface area contributed by atoms with E-state index in [-0.39, 0.29) is 59.7 Å². The summed E-state index contributed by atoms with van der Waals surface area (Å²) >= 11 is 0. The van der Waals surface area contributed by atoms with Gasteiger partial charge in [-0.3, -0.25) is 4.79 Å². The predicted octanol–water partition coefficient (Wildman–Crippen LogP) is 8.12. The van der Waals surface area contributed by atoms with Crippen molar-refractivity contribution in [3.05, 3.63) is 102 Å². The Labute approximate surface area is 333 Å². The number of ketones is 1. The first kappa shape index (κ1) is 41.2. The van der Waals surface area contributed by atoms with Gasteiger partial charge in [-0.2, -0.15) is 0 Å². The Kier molecular flexibility index (Phi) is 13.5. The molecule has 7 rings (SSSR count). The number of hydrogen-bond acceptors (Lipinski definition) is 10. The molecular formula is C45H60O10Si. The third-order valence-corrected chi connectivity index (χ3v) is 16.7. The maximum absolute atomic E-state index is 13.7. The van der Waals surface area contributed by atoms with Gasteiger partial charge in [0.25, 0.3) is 0 Å². The average molecular weight is 789 g/mol. The topological polar surface area (TPSA) is 100 Å². The highest BCUT2D eigenvalue weighted by molar-refractivity contribution is 6.74. The molecule has 0 saturated carbocycles. The third kappa shape index (κ3) is 10.2. The lowest BCUT2D eigenvalue weighted by Crippen LogP contribution is -2.58. The summed E-state index contributed by atoms with van der Waals surface area (Å²) < 4.78 is 57.8. The molecule has 4 aliphatic heterocycles. The molecule has 10 atom stereocenters. The number of methoxy groups -OCH3 is 1. The minimum Gasteiger partial charge on any atom is -0.497 e. The zero-order chi connectivity index (χ0) is 39.3. The van der Waals surface area contributed by atoms with Crippen molar-refractivity contribution in [1.82, 2.24) is 0 Å². The van der Waals surface area contributed by atoms with Gasteiger partial charge in [-0.25, -0.2) is 0 Å². The van der Waals surface area contributed by atoms with Crippen LogP contribution in [0.2, 0.25) is 18.1 Å². The minimum atomic E-state index is -2.18. The summed E-state index contributed by atoms with van der Waals surface area (Å²) in [4.78, 5) is 13.7. The second kappa shape index (κ2) is 18.3. The molecule has 0 aliphatic carbocycles. The molecule has 4 heterocycles. The lowest BCUT2D eigenvalue weighted by molar-refractivity contribution is -0.301.